The van der Waals surface area contributed by atoms with Crippen molar-refractivity contribution in [1.82, 2.24) is 15.5 Å². The molecule has 3 aliphatic rings. The van der Waals surface area contributed by atoms with Gasteiger partial charge in [0.2, 0.25) is 0 Å². The van der Waals surface area contributed by atoms with Crippen LogP contribution in [0.1, 0.15) is 79.2 Å². The number of ether oxygens (including phenoxy) is 1. The number of piperidine rings is 2. The van der Waals surface area contributed by atoms with Crippen LogP contribution in [-0.4, -0.2) is 42.6 Å². The quantitative estimate of drug-likeness (QED) is 0.701. The highest BCUT2D eigenvalue weighted by Gasteiger charge is 2.41. The first-order valence-corrected chi connectivity index (χ1v) is 12.7. The lowest BCUT2D eigenvalue weighted by atomic mass is 9.76. The first-order chi connectivity index (χ1) is 16.0. The van der Waals surface area contributed by atoms with Gasteiger partial charge in [0.05, 0.1) is 12.1 Å². The van der Waals surface area contributed by atoms with Gasteiger partial charge < -0.3 is 15.4 Å². The zero-order valence-corrected chi connectivity index (χ0v) is 20.1. The Morgan fingerprint density at radius 2 is 2.00 bits per heavy atom. The number of fused-ring (bicyclic) bond motifs is 4. The molecule has 0 unspecified atom stereocenters. The Labute approximate surface area is 197 Å². The van der Waals surface area contributed by atoms with Crippen molar-refractivity contribution in [3.63, 3.8) is 0 Å². The van der Waals surface area contributed by atoms with Gasteiger partial charge in [0.15, 0.2) is 0 Å². The highest BCUT2D eigenvalue weighted by atomic mass is 16.5. The maximum absolute atomic E-state index is 13.7. The van der Waals surface area contributed by atoms with Crippen LogP contribution in [0.2, 0.25) is 0 Å². The van der Waals surface area contributed by atoms with Crippen molar-refractivity contribution in [2.75, 3.05) is 19.6 Å². The zero-order chi connectivity index (χ0) is 22.9. The maximum atomic E-state index is 13.7. The molecule has 176 valence electrons. The highest BCUT2D eigenvalue weighted by molar-refractivity contribution is 5.97. The molecule has 2 aromatic rings. The van der Waals surface area contributed by atoms with Crippen molar-refractivity contribution < 1.29 is 9.53 Å². The van der Waals surface area contributed by atoms with Crippen molar-refractivity contribution in [1.29, 1.82) is 0 Å². The van der Waals surface area contributed by atoms with Crippen LogP contribution >= 0.6 is 0 Å². The van der Waals surface area contributed by atoms with Gasteiger partial charge in [-0.2, -0.15) is 0 Å². The van der Waals surface area contributed by atoms with E-state index in [0.29, 0.717) is 12.1 Å². The van der Waals surface area contributed by atoms with Crippen LogP contribution in [0.25, 0.3) is 0 Å². The summed E-state index contributed by atoms with van der Waals surface area (Å²) in [6.45, 7) is 9.44. The summed E-state index contributed by atoms with van der Waals surface area (Å²) in [6.07, 6.45) is 4.72. The number of carbonyl (C=O) groups is 1. The fourth-order valence-electron chi connectivity index (χ4n) is 6.06. The van der Waals surface area contributed by atoms with Gasteiger partial charge in [0.25, 0.3) is 5.91 Å². The molecule has 0 bridgehead atoms. The van der Waals surface area contributed by atoms with Crippen LogP contribution in [0, 0.1) is 5.92 Å². The van der Waals surface area contributed by atoms with Gasteiger partial charge in [0, 0.05) is 30.7 Å². The van der Waals surface area contributed by atoms with Gasteiger partial charge >= 0.3 is 0 Å². The number of carbonyl (C=O) groups excluding carboxylic acids is 1. The van der Waals surface area contributed by atoms with Crippen molar-refractivity contribution in [2.24, 2.45) is 5.92 Å². The van der Waals surface area contributed by atoms with Crippen LogP contribution in [0.3, 0.4) is 0 Å². The van der Waals surface area contributed by atoms with Gasteiger partial charge in [0.1, 0.15) is 5.75 Å². The standard InChI is InChI=1S/C28H37N3O2/c1-18(2)33-23-14-21-11-13-31-17-22-10-7-12-29-25(22)16-26(31)27(21)24(15-23)28(32)30-19(3)20-8-5-4-6-9-20/h4-6,8-9,14-15,18-19,22,25-26,29H,7,10-13,16-17H2,1-3H3,(H,30,32)/t19-,22-,25+,26+/m1/s1. The van der Waals surface area contributed by atoms with E-state index in [1.54, 1.807) is 0 Å². The molecule has 2 aromatic carbocycles. The van der Waals surface area contributed by atoms with E-state index in [9.17, 15) is 4.79 Å². The first kappa shape index (κ1) is 22.4. The van der Waals surface area contributed by atoms with Crippen molar-refractivity contribution >= 4 is 5.91 Å². The smallest absolute Gasteiger partial charge is 0.252 e. The van der Waals surface area contributed by atoms with Crippen LogP contribution in [0.4, 0.5) is 0 Å². The number of amides is 1. The van der Waals surface area contributed by atoms with Gasteiger partial charge in [-0.1, -0.05) is 30.3 Å². The molecule has 2 saturated heterocycles. The Morgan fingerprint density at radius 1 is 1.18 bits per heavy atom. The predicted octanol–water partition coefficient (Wildman–Crippen LogP) is 4.64. The fraction of sp³-hybridized carbons (Fsp3) is 0.536. The molecule has 1 amide bonds. The minimum absolute atomic E-state index is 0.00242. The molecule has 0 radical (unpaired) electrons. The summed E-state index contributed by atoms with van der Waals surface area (Å²) in [5, 5.41) is 7.04. The van der Waals surface area contributed by atoms with Crippen LogP contribution in [0.5, 0.6) is 5.75 Å². The minimum atomic E-state index is -0.0561. The molecule has 0 spiro atoms. The zero-order valence-electron chi connectivity index (χ0n) is 20.1. The monoisotopic (exact) mass is 447 g/mol. The summed E-state index contributed by atoms with van der Waals surface area (Å²) in [6, 6.07) is 15.1. The fourth-order valence-corrected chi connectivity index (χ4v) is 6.06. The number of benzene rings is 2. The molecule has 5 rings (SSSR count). The second-order valence-electron chi connectivity index (χ2n) is 10.3. The van der Waals surface area contributed by atoms with Crippen LogP contribution in [-0.2, 0) is 6.42 Å². The van der Waals surface area contributed by atoms with E-state index in [1.165, 1.54) is 24.0 Å². The molecular formula is C28H37N3O2. The van der Waals surface area contributed by atoms with Gasteiger partial charge in [-0.3, -0.25) is 9.69 Å². The molecule has 5 nitrogen and oxygen atoms in total. The van der Waals surface area contributed by atoms with Gasteiger partial charge in [-0.05, 0) is 87.7 Å². The van der Waals surface area contributed by atoms with E-state index < -0.39 is 0 Å². The minimum Gasteiger partial charge on any atom is -0.491 e. The third-order valence-corrected chi connectivity index (χ3v) is 7.62. The number of nitrogens with one attached hydrogen (secondary N) is 2. The summed E-state index contributed by atoms with van der Waals surface area (Å²) in [5.74, 6) is 1.53. The number of nitrogens with zero attached hydrogens (tertiary/aromatic N) is 1. The Morgan fingerprint density at radius 3 is 2.79 bits per heavy atom. The lowest BCUT2D eigenvalue weighted by Crippen LogP contribution is -2.55. The molecule has 0 saturated carbocycles. The molecule has 2 fully saturated rings. The summed E-state index contributed by atoms with van der Waals surface area (Å²) in [4.78, 5) is 16.3. The Bertz CT molecular complexity index is 990. The van der Waals surface area contributed by atoms with E-state index in [0.717, 1.165) is 55.3 Å². The third-order valence-electron chi connectivity index (χ3n) is 7.62. The highest BCUT2D eigenvalue weighted by Crippen LogP contribution is 2.43. The second-order valence-corrected chi connectivity index (χ2v) is 10.3. The summed E-state index contributed by atoms with van der Waals surface area (Å²) in [7, 11) is 0. The lowest BCUT2D eigenvalue weighted by Gasteiger charge is -2.49. The van der Waals surface area contributed by atoms with E-state index in [-0.39, 0.29) is 18.1 Å². The molecule has 0 aromatic heterocycles. The van der Waals surface area contributed by atoms with Crippen molar-refractivity contribution in [3.05, 3.63) is 64.7 Å². The third kappa shape index (κ3) is 4.67. The average molecular weight is 448 g/mol. The van der Waals surface area contributed by atoms with Crippen LogP contribution < -0.4 is 15.4 Å². The Kier molecular flexibility index (Phi) is 6.44. The maximum Gasteiger partial charge on any atom is 0.252 e. The number of hydrogen-bond donors (Lipinski definition) is 2. The van der Waals surface area contributed by atoms with E-state index in [1.807, 2.05) is 38.1 Å². The number of hydrogen-bond acceptors (Lipinski definition) is 4. The molecule has 3 aliphatic heterocycles. The molecule has 33 heavy (non-hydrogen) atoms. The van der Waals surface area contributed by atoms with E-state index in [4.69, 9.17) is 4.74 Å². The molecule has 0 aliphatic carbocycles. The normalized spacial score (nSPS) is 25.5. The SMILES string of the molecule is CC(C)Oc1cc2c(c(C(=O)N[C@H](C)c3ccccc3)c1)[C@@H]1C[C@@H]3NCCC[C@@H]3CN1CC2. The largest absolute Gasteiger partial charge is 0.491 e. The lowest BCUT2D eigenvalue weighted by molar-refractivity contribution is 0.0541. The number of rotatable bonds is 5. The Hall–Kier alpha value is -2.37. The predicted molar refractivity (Wildman–Crippen MR) is 132 cm³/mol. The molecule has 3 heterocycles. The van der Waals surface area contributed by atoms with E-state index in [2.05, 4.69) is 40.7 Å². The second kappa shape index (κ2) is 9.47. The molecule has 4 atom stereocenters. The summed E-state index contributed by atoms with van der Waals surface area (Å²) in [5.41, 5.74) is 4.40. The first-order valence-electron chi connectivity index (χ1n) is 12.7. The van der Waals surface area contributed by atoms with Gasteiger partial charge in [-0.25, -0.2) is 0 Å². The summed E-state index contributed by atoms with van der Waals surface area (Å²) >= 11 is 0. The molecular weight excluding hydrogens is 410 g/mol. The van der Waals surface area contributed by atoms with Gasteiger partial charge in [-0.15, -0.1) is 0 Å². The van der Waals surface area contributed by atoms with Crippen molar-refractivity contribution in [3.8, 4) is 5.75 Å². The van der Waals surface area contributed by atoms with Crippen molar-refractivity contribution in [2.45, 2.75) is 70.7 Å². The summed E-state index contributed by atoms with van der Waals surface area (Å²) < 4.78 is 6.08. The van der Waals surface area contributed by atoms with Crippen LogP contribution in [0.15, 0.2) is 42.5 Å². The Balaban J connectivity index is 1.49. The average Bonchev–Trinajstić information content (AvgIpc) is 2.82. The molecule has 2 N–H and O–H groups in total. The topological polar surface area (TPSA) is 53.6 Å². The van der Waals surface area contributed by atoms with E-state index >= 15 is 0 Å². The molecule has 5 heteroatoms.